The number of aromatic nitrogens is 2. The molecular weight excluding hydrogens is 607 g/mol. The molecule has 7 nitrogen and oxygen atoms in total. The van der Waals surface area contributed by atoms with Gasteiger partial charge in [-0.1, -0.05) is 95.8 Å². The highest BCUT2D eigenvalue weighted by atomic mass is 32.1. The van der Waals surface area contributed by atoms with Gasteiger partial charge in [0.1, 0.15) is 5.75 Å². The zero-order valence-corrected chi connectivity index (χ0v) is 27.4. The van der Waals surface area contributed by atoms with Crippen LogP contribution in [0.3, 0.4) is 0 Å². The number of fused-ring (bicyclic) bond motifs is 2. The summed E-state index contributed by atoms with van der Waals surface area (Å²) in [6, 6.07) is 30.6. The predicted molar refractivity (Wildman–Crippen MR) is 187 cm³/mol. The van der Waals surface area contributed by atoms with Crippen molar-refractivity contribution in [3.63, 3.8) is 0 Å². The average Bonchev–Trinajstić information content (AvgIpc) is 3.61. The molecule has 7 rings (SSSR count). The second kappa shape index (κ2) is 12.4. The van der Waals surface area contributed by atoms with Crippen molar-refractivity contribution in [3.8, 4) is 17.0 Å². The fourth-order valence-corrected chi connectivity index (χ4v) is 7.34. The first-order valence-corrected chi connectivity index (χ1v) is 16.3. The van der Waals surface area contributed by atoms with Gasteiger partial charge in [-0.15, -0.1) is 0 Å². The summed E-state index contributed by atoms with van der Waals surface area (Å²) < 4.78 is 13.3. The van der Waals surface area contributed by atoms with Crippen molar-refractivity contribution in [1.82, 2.24) is 9.55 Å². The molecule has 1 aliphatic heterocycles. The maximum atomic E-state index is 14.6. The Labute approximate surface area is 275 Å². The maximum absolute atomic E-state index is 14.6. The van der Waals surface area contributed by atoms with E-state index >= 15 is 0 Å². The molecule has 1 atom stereocenters. The van der Waals surface area contributed by atoms with Crippen LogP contribution in [0.1, 0.15) is 40.8 Å². The van der Waals surface area contributed by atoms with Gasteiger partial charge in [-0.2, -0.15) is 0 Å². The second-order valence-corrected chi connectivity index (χ2v) is 12.5. The quantitative estimate of drug-likeness (QED) is 0.197. The molecule has 234 valence electrons. The second-order valence-electron chi connectivity index (χ2n) is 11.5. The summed E-state index contributed by atoms with van der Waals surface area (Å²) in [5.41, 5.74) is 8.17. The third-order valence-electron chi connectivity index (χ3n) is 8.41. The molecular formula is C39H33N3O4S. The van der Waals surface area contributed by atoms with Crippen LogP contribution in [-0.4, -0.2) is 29.2 Å². The highest BCUT2D eigenvalue weighted by Crippen LogP contribution is 2.37. The highest BCUT2D eigenvalue weighted by molar-refractivity contribution is 7.07. The van der Waals surface area contributed by atoms with E-state index in [9.17, 15) is 9.59 Å². The predicted octanol–water partition coefficient (Wildman–Crippen LogP) is 6.71. The normalized spacial score (nSPS) is 14.6. The molecule has 0 aliphatic carbocycles. The molecule has 3 heterocycles. The Morgan fingerprint density at radius 1 is 0.957 bits per heavy atom. The molecule has 4 aromatic carbocycles. The monoisotopic (exact) mass is 639 g/mol. The molecule has 8 heteroatoms. The van der Waals surface area contributed by atoms with Crippen molar-refractivity contribution in [2.24, 2.45) is 4.99 Å². The number of benzene rings is 4. The summed E-state index contributed by atoms with van der Waals surface area (Å²) in [6.07, 6.45) is 1.96. The van der Waals surface area contributed by atoms with Gasteiger partial charge in [0.25, 0.3) is 5.56 Å². The Morgan fingerprint density at radius 2 is 1.68 bits per heavy atom. The first-order chi connectivity index (χ1) is 22.9. The number of H-pyrrole nitrogens is 1. The maximum Gasteiger partial charge on any atom is 0.338 e. The van der Waals surface area contributed by atoms with Crippen LogP contribution in [0.15, 0.2) is 112 Å². The number of ether oxygens (including phenoxy) is 2. The van der Waals surface area contributed by atoms with Crippen molar-refractivity contribution in [2.75, 3.05) is 13.7 Å². The number of nitrogens with one attached hydrogen (secondary N) is 1. The lowest BCUT2D eigenvalue weighted by Gasteiger charge is -2.26. The number of hydrogen-bond donors (Lipinski definition) is 1. The lowest BCUT2D eigenvalue weighted by Crippen LogP contribution is -2.40. The number of carbonyl (C=O) groups is 1. The van der Waals surface area contributed by atoms with Gasteiger partial charge in [-0.05, 0) is 61.7 Å². The molecule has 0 bridgehead atoms. The zero-order valence-electron chi connectivity index (χ0n) is 26.5. The molecule has 0 saturated heterocycles. The van der Waals surface area contributed by atoms with Crippen LogP contribution >= 0.6 is 11.3 Å². The lowest BCUT2D eigenvalue weighted by molar-refractivity contribution is -0.138. The topological polar surface area (TPSA) is 85.7 Å². The standard InChI is InChI=1S/C39H33N3O4S/c1-5-46-38(44)32-35(26-15-10-7-11-16-26)41-39-42(36(32)27-17-12-18-28(21-27)45-4)37(43)31(47-39)22-30-29-20-23(2)19-24(3)33(29)40-34(30)25-13-8-6-9-14-25/h6-22,36,40H,5H2,1-4H3/b31-22-/t36-/m0/s1. The largest absolute Gasteiger partial charge is 0.497 e. The summed E-state index contributed by atoms with van der Waals surface area (Å²) in [6.45, 7) is 6.12. The number of thiazole rings is 1. The molecule has 0 amide bonds. The fraction of sp³-hybridized carbons (Fsp3) is 0.154. The highest BCUT2D eigenvalue weighted by Gasteiger charge is 2.35. The van der Waals surface area contributed by atoms with Crippen LogP contribution in [0.2, 0.25) is 0 Å². The SMILES string of the molecule is CCOC(=O)C1=C(c2ccccc2)N=c2s/c(=C\c3c(-c4ccccc4)[nH]c4c(C)cc(C)cc34)c(=O)n2[C@H]1c1cccc(OC)c1. The minimum atomic E-state index is -0.793. The minimum absolute atomic E-state index is 0.182. The van der Waals surface area contributed by atoms with Gasteiger partial charge in [0.05, 0.1) is 41.3 Å². The van der Waals surface area contributed by atoms with E-state index in [-0.39, 0.29) is 12.2 Å². The Hall–Kier alpha value is -5.47. The zero-order chi connectivity index (χ0) is 32.7. The lowest BCUT2D eigenvalue weighted by atomic mass is 9.93. The summed E-state index contributed by atoms with van der Waals surface area (Å²) in [4.78, 5) is 37.6. The molecule has 1 N–H and O–H groups in total. The molecule has 1 aliphatic rings. The van der Waals surface area contributed by atoms with E-state index in [1.807, 2.05) is 78.9 Å². The Bertz CT molecular complexity index is 2370. The number of methoxy groups -OCH3 is 1. The van der Waals surface area contributed by atoms with Crippen molar-refractivity contribution >= 4 is 40.0 Å². The van der Waals surface area contributed by atoms with E-state index in [1.54, 1.807) is 18.6 Å². The van der Waals surface area contributed by atoms with Gasteiger partial charge in [0.15, 0.2) is 4.80 Å². The number of rotatable bonds is 7. The van der Waals surface area contributed by atoms with Crippen molar-refractivity contribution in [2.45, 2.75) is 26.8 Å². The van der Waals surface area contributed by atoms with Crippen LogP contribution in [0.4, 0.5) is 0 Å². The molecule has 0 fully saturated rings. The fourth-order valence-electron chi connectivity index (χ4n) is 6.35. The molecule has 0 spiro atoms. The Kier molecular flexibility index (Phi) is 7.95. The smallest absolute Gasteiger partial charge is 0.338 e. The van der Waals surface area contributed by atoms with Crippen molar-refractivity contribution in [3.05, 3.63) is 150 Å². The molecule has 2 aromatic heterocycles. The number of nitrogens with zero attached hydrogens (tertiary/aromatic N) is 2. The van der Waals surface area contributed by atoms with E-state index in [1.165, 1.54) is 11.3 Å². The van der Waals surface area contributed by atoms with E-state index in [0.29, 0.717) is 31.9 Å². The van der Waals surface area contributed by atoms with E-state index in [4.69, 9.17) is 14.5 Å². The first kappa shape index (κ1) is 30.2. The molecule has 0 unspecified atom stereocenters. The van der Waals surface area contributed by atoms with Gasteiger partial charge in [0.2, 0.25) is 0 Å². The Balaban J connectivity index is 1.55. The van der Waals surface area contributed by atoms with Gasteiger partial charge in [-0.25, -0.2) is 9.79 Å². The minimum Gasteiger partial charge on any atom is -0.497 e. The third kappa shape index (κ3) is 5.40. The van der Waals surface area contributed by atoms with Crippen LogP contribution in [0, 0.1) is 13.8 Å². The molecule has 0 radical (unpaired) electrons. The summed E-state index contributed by atoms with van der Waals surface area (Å²) in [5.74, 6) is 0.0919. The average molecular weight is 640 g/mol. The van der Waals surface area contributed by atoms with Crippen molar-refractivity contribution < 1.29 is 14.3 Å². The summed E-state index contributed by atoms with van der Waals surface area (Å²) in [5, 5.41) is 1.04. The number of aryl methyl sites for hydroxylation is 2. The van der Waals surface area contributed by atoms with Crippen LogP contribution in [0.5, 0.6) is 5.75 Å². The van der Waals surface area contributed by atoms with E-state index in [0.717, 1.165) is 44.4 Å². The summed E-state index contributed by atoms with van der Waals surface area (Å²) >= 11 is 1.31. The van der Waals surface area contributed by atoms with Gasteiger partial charge in [-0.3, -0.25) is 9.36 Å². The van der Waals surface area contributed by atoms with Crippen LogP contribution in [0.25, 0.3) is 33.9 Å². The van der Waals surface area contributed by atoms with Gasteiger partial charge < -0.3 is 14.5 Å². The number of aromatic amines is 1. The van der Waals surface area contributed by atoms with E-state index < -0.39 is 12.0 Å². The van der Waals surface area contributed by atoms with Crippen LogP contribution < -0.4 is 19.6 Å². The molecule has 6 aromatic rings. The van der Waals surface area contributed by atoms with Gasteiger partial charge >= 0.3 is 5.97 Å². The number of carbonyl (C=O) groups excluding carboxylic acids is 1. The summed E-state index contributed by atoms with van der Waals surface area (Å²) in [7, 11) is 1.59. The first-order valence-electron chi connectivity index (χ1n) is 15.5. The number of esters is 1. The van der Waals surface area contributed by atoms with E-state index in [2.05, 4.69) is 43.1 Å². The van der Waals surface area contributed by atoms with Gasteiger partial charge in [0, 0.05) is 22.0 Å². The third-order valence-corrected chi connectivity index (χ3v) is 9.39. The van der Waals surface area contributed by atoms with Crippen molar-refractivity contribution in [1.29, 1.82) is 0 Å². The number of hydrogen-bond acceptors (Lipinski definition) is 6. The molecule has 47 heavy (non-hydrogen) atoms. The molecule has 0 saturated carbocycles. The Morgan fingerprint density at radius 3 is 2.38 bits per heavy atom. The van der Waals surface area contributed by atoms with Crippen LogP contribution in [-0.2, 0) is 9.53 Å².